The van der Waals surface area contributed by atoms with Crippen LogP contribution in [0.15, 0.2) is 0 Å². The first-order valence-corrected chi connectivity index (χ1v) is 9.60. The van der Waals surface area contributed by atoms with Crippen LogP contribution in [-0.2, 0) is 14.8 Å². The molecule has 1 aliphatic carbocycles. The van der Waals surface area contributed by atoms with Crippen LogP contribution < -0.4 is 10.0 Å². The highest BCUT2D eigenvalue weighted by atomic mass is 32.2. The third-order valence-electron chi connectivity index (χ3n) is 4.24. The summed E-state index contributed by atoms with van der Waals surface area (Å²) in [6.07, 6.45) is 8.31. The Kier molecular flexibility index (Phi) is 6.74. The number of sulfonamides is 1. The van der Waals surface area contributed by atoms with Gasteiger partial charge in [-0.15, -0.1) is 0 Å². The second-order valence-electron chi connectivity index (χ2n) is 6.00. The lowest BCUT2D eigenvalue weighted by Gasteiger charge is -2.23. The zero-order valence-electron chi connectivity index (χ0n) is 12.3. The van der Waals surface area contributed by atoms with Gasteiger partial charge in [0.15, 0.2) is 0 Å². The van der Waals surface area contributed by atoms with Crippen molar-refractivity contribution in [2.24, 2.45) is 5.92 Å². The standard InChI is InChI=1S/C14H28N2O3S/c17-20(18,12-13-6-8-15-9-7-13)16-10-11-19-14-4-2-1-3-5-14/h13-16H,1-12H2. The van der Waals surface area contributed by atoms with Gasteiger partial charge in [-0.2, -0.15) is 0 Å². The molecule has 0 radical (unpaired) electrons. The fourth-order valence-corrected chi connectivity index (χ4v) is 4.54. The lowest BCUT2D eigenvalue weighted by atomic mass is 9.98. The van der Waals surface area contributed by atoms with Gasteiger partial charge >= 0.3 is 0 Å². The largest absolute Gasteiger partial charge is 0.377 e. The summed E-state index contributed by atoms with van der Waals surface area (Å²) in [5.41, 5.74) is 0. The van der Waals surface area contributed by atoms with E-state index in [1.54, 1.807) is 0 Å². The number of piperidine rings is 1. The van der Waals surface area contributed by atoms with E-state index in [1.807, 2.05) is 0 Å². The number of hydrogen-bond acceptors (Lipinski definition) is 4. The smallest absolute Gasteiger partial charge is 0.211 e. The van der Waals surface area contributed by atoms with Gasteiger partial charge in [0.1, 0.15) is 0 Å². The summed E-state index contributed by atoms with van der Waals surface area (Å²) >= 11 is 0. The number of rotatable bonds is 7. The predicted molar refractivity (Wildman–Crippen MR) is 80.2 cm³/mol. The molecule has 118 valence electrons. The average Bonchev–Trinajstić information content (AvgIpc) is 2.45. The molecule has 5 nitrogen and oxygen atoms in total. The van der Waals surface area contributed by atoms with Gasteiger partial charge in [0.25, 0.3) is 0 Å². The van der Waals surface area contributed by atoms with Crippen molar-refractivity contribution in [3.05, 3.63) is 0 Å². The molecule has 1 heterocycles. The maximum absolute atomic E-state index is 12.0. The molecule has 2 aliphatic rings. The number of ether oxygens (including phenoxy) is 1. The summed E-state index contributed by atoms with van der Waals surface area (Å²) in [5.74, 6) is 0.561. The summed E-state index contributed by atoms with van der Waals surface area (Å²) in [6, 6.07) is 0. The third-order valence-corrected chi connectivity index (χ3v) is 5.80. The van der Waals surface area contributed by atoms with Gasteiger partial charge in [-0.05, 0) is 44.7 Å². The van der Waals surface area contributed by atoms with Gasteiger partial charge in [-0.1, -0.05) is 19.3 Å². The minimum Gasteiger partial charge on any atom is -0.377 e. The van der Waals surface area contributed by atoms with Gasteiger partial charge < -0.3 is 10.1 Å². The Morgan fingerprint density at radius 1 is 1.05 bits per heavy atom. The first-order valence-electron chi connectivity index (χ1n) is 7.95. The van der Waals surface area contributed by atoms with E-state index in [2.05, 4.69) is 10.0 Å². The Morgan fingerprint density at radius 3 is 2.45 bits per heavy atom. The van der Waals surface area contributed by atoms with Crippen LogP contribution in [-0.4, -0.2) is 46.5 Å². The molecule has 0 amide bonds. The molecule has 1 saturated heterocycles. The molecule has 0 atom stereocenters. The highest BCUT2D eigenvalue weighted by Gasteiger charge is 2.21. The van der Waals surface area contributed by atoms with Crippen molar-refractivity contribution in [3.8, 4) is 0 Å². The summed E-state index contributed by atoms with van der Waals surface area (Å²) in [6.45, 7) is 2.77. The molecule has 0 unspecified atom stereocenters. The van der Waals surface area contributed by atoms with Gasteiger partial charge in [-0.3, -0.25) is 0 Å². The molecule has 0 bridgehead atoms. The summed E-state index contributed by atoms with van der Waals surface area (Å²) in [4.78, 5) is 0. The summed E-state index contributed by atoms with van der Waals surface area (Å²) in [7, 11) is -3.14. The Labute approximate surface area is 122 Å². The van der Waals surface area contributed by atoms with E-state index in [-0.39, 0.29) is 5.75 Å². The van der Waals surface area contributed by atoms with Crippen LogP contribution in [0.25, 0.3) is 0 Å². The van der Waals surface area contributed by atoms with Crippen LogP contribution in [0.1, 0.15) is 44.9 Å². The Balaban J connectivity index is 1.59. The van der Waals surface area contributed by atoms with Gasteiger partial charge in [-0.25, -0.2) is 13.1 Å². The molecule has 1 saturated carbocycles. The van der Waals surface area contributed by atoms with E-state index in [4.69, 9.17) is 4.74 Å². The number of hydrogen-bond donors (Lipinski definition) is 2. The topological polar surface area (TPSA) is 67.4 Å². The summed E-state index contributed by atoms with van der Waals surface area (Å²) in [5, 5.41) is 3.25. The Bertz CT molecular complexity index is 361. The molecule has 0 spiro atoms. The number of nitrogens with one attached hydrogen (secondary N) is 2. The van der Waals surface area contributed by atoms with Crippen molar-refractivity contribution in [1.82, 2.24) is 10.0 Å². The maximum Gasteiger partial charge on any atom is 0.211 e. The van der Waals surface area contributed by atoms with Crippen LogP contribution in [0.2, 0.25) is 0 Å². The lowest BCUT2D eigenvalue weighted by molar-refractivity contribution is 0.0321. The molecule has 2 N–H and O–H groups in total. The monoisotopic (exact) mass is 304 g/mol. The fraction of sp³-hybridized carbons (Fsp3) is 1.00. The minimum atomic E-state index is -3.14. The lowest BCUT2D eigenvalue weighted by Crippen LogP contribution is -2.37. The van der Waals surface area contributed by atoms with Crippen LogP contribution in [0.4, 0.5) is 0 Å². The molecular weight excluding hydrogens is 276 g/mol. The van der Waals surface area contributed by atoms with Crippen molar-refractivity contribution >= 4 is 10.0 Å². The van der Waals surface area contributed by atoms with Crippen LogP contribution >= 0.6 is 0 Å². The molecule has 0 aromatic rings. The highest BCUT2D eigenvalue weighted by Crippen LogP contribution is 2.20. The molecule has 6 heteroatoms. The van der Waals surface area contributed by atoms with Crippen molar-refractivity contribution in [3.63, 3.8) is 0 Å². The van der Waals surface area contributed by atoms with E-state index in [0.29, 0.717) is 25.2 Å². The van der Waals surface area contributed by atoms with E-state index in [1.165, 1.54) is 19.3 Å². The molecule has 0 aromatic carbocycles. The average molecular weight is 304 g/mol. The zero-order valence-corrected chi connectivity index (χ0v) is 13.1. The minimum absolute atomic E-state index is 0.262. The zero-order chi connectivity index (χ0) is 14.3. The highest BCUT2D eigenvalue weighted by molar-refractivity contribution is 7.89. The van der Waals surface area contributed by atoms with E-state index < -0.39 is 10.0 Å². The van der Waals surface area contributed by atoms with Gasteiger partial charge in [0, 0.05) is 6.54 Å². The SMILES string of the molecule is O=S(=O)(CC1CCNCC1)NCCOC1CCCCC1. The van der Waals surface area contributed by atoms with E-state index >= 15 is 0 Å². The van der Waals surface area contributed by atoms with E-state index in [0.717, 1.165) is 38.8 Å². The normalized spacial score (nSPS) is 23.0. The molecule has 1 aliphatic heterocycles. The molecule has 2 fully saturated rings. The Morgan fingerprint density at radius 2 is 1.75 bits per heavy atom. The van der Waals surface area contributed by atoms with Crippen LogP contribution in [0.5, 0.6) is 0 Å². The molecule has 0 aromatic heterocycles. The maximum atomic E-state index is 12.0. The van der Waals surface area contributed by atoms with Crippen LogP contribution in [0, 0.1) is 5.92 Å². The van der Waals surface area contributed by atoms with E-state index in [9.17, 15) is 8.42 Å². The summed E-state index contributed by atoms with van der Waals surface area (Å²) < 4.78 is 32.3. The molecule has 20 heavy (non-hydrogen) atoms. The molecular formula is C14H28N2O3S. The van der Waals surface area contributed by atoms with Crippen molar-refractivity contribution in [2.45, 2.75) is 51.0 Å². The first kappa shape index (κ1) is 16.2. The second-order valence-corrected chi connectivity index (χ2v) is 7.85. The van der Waals surface area contributed by atoms with Crippen molar-refractivity contribution in [1.29, 1.82) is 0 Å². The molecule has 2 rings (SSSR count). The van der Waals surface area contributed by atoms with Crippen LogP contribution in [0.3, 0.4) is 0 Å². The predicted octanol–water partition coefficient (Wildman–Crippen LogP) is 1.25. The first-order chi connectivity index (χ1) is 9.66. The fourth-order valence-electron chi connectivity index (χ4n) is 3.07. The van der Waals surface area contributed by atoms with Crippen molar-refractivity contribution in [2.75, 3.05) is 32.0 Å². The van der Waals surface area contributed by atoms with Crippen molar-refractivity contribution < 1.29 is 13.2 Å². The van der Waals surface area contributed by atoms with Gasteiger partial charge in [0.2, 0.25) is 10.0 Å². The Hall–Kier alpha value is -0.170. The third kappa shape index (κ3) is 6.08. The quantitative estimate of drug-likeness (QED) is 0.695. The second kappa shape index (κ2) is 8.32. The van der Waals surface area contributed by atoms with Gasteiger partial charge in [0.05, 0.1) is 18.5 Å².